The molecule has 2 heteroatoms. The molecule has 0 amide bonds. The van der Waals surface area contributed by atoms with E-state index in [1.807, 2.05) is 9.06 Å². The zero-order valence-corrected chi connectivity index (χ0v) is 27.6. The summed E-state index contributed by atoms with van der Waals surface area (Å²) in [5, 5.41) is 0. The second-order valence-corrected chi connectivity index (χ2v) is 19.4. The predicted molar refractivity (Wildman–Crippen MR) is 159 cm³/mol. The maximum atomic E-state index is 4.06. The van der Waals surface area contributed by atoms with Crippen LogP contribution in [0.4, 0.5) is 0 Å². The average Bonchev–Trinajstić information content (AvgIpc) is 2.74. The van der Waals surface area contributed by atoms with Crippen molar-refractivity contribution in [3.8, 4) is 11.7 Å². The number of hydrogen-bond donors (Lipinski definition) is 0. The first-order valence-corrected chi connectivity index (χ1v) is 22.0. The second kappa shape index (κ2) is 19.4. The summed E-state index contributed by atoms with van der Waals surface area (Å²) >= 11 is -1.51. The summed E-state index contributed by atoms with van der Waals surface area (Å²) in [7, 11) is 0. The van der Waals surface area contributed by atoms with Gasteiger partial charge in [0.05, 0.1) is 0 Å². The summed E-state index contributed by atoms with van der Waals surface area (Å²) in [5.74, 6) is 9.70. The standard InChI is InChI=1S/C29H55B.2CH3.Sn/c1-9-11-13-15-17-19-21-23-25-30(27(5)6,28(7)8)29(26(3)4)24-22-20-18-16-14-12-10-2;;;/h26-28H,9-22H2,1-8H3;2*1H3;/q-1;;;+1. The van der Waals surface area contributed by atoms with E-state index in [-0.39, 0.29) is 0 Å². The van der Waals surface area contributed by atoms with Crippen molar-refractivity contribution < 1.29 is 0 Å². The molecule has 33 heavy (non-hydrogen) atoms. The predicted octanol–water partition coefficient (Wildman–Crippen LogP) is 11.1. The van der Waals surface area contributed by atoms with Crippen LogP contribution in [0.25, 0.3) is 0 Å². The first kappa shape index (κ1) is 33.2. The second-order valence-electron chi connectivity index (χ2n) is 11.9. The van der Waals surface area contributed by atoms with Gasteiger partial charge in [-0.2, -0.15) is 0 Å². The molecule has 192 valence electrons. The molecule has 0 aliphatic rings. The number of hydrogen-bond acceptors (Lipinski definition) is 0. The Balaban J connectivity index is 5.80. The molecular weight excluding hydrogens is 502 g/mol. The van der Waals surface area contributed by atoms with Gasteiger partial charge < -0.3 is 0 Å². The van der Waals surface area contributed by atoms with Crippen molar-refractivity contribution in [1.29, 1.82) is 0 Å². The van der Waals surface area contributed by atoms with Gasteiger partial charge in [0.15, 0.2) is 0 Å². The van der Waals surface area contributed by atoms with Gasteiger partial charge in [-0.15, -0.1) is 0 Å². The third-order valence-electron chi connectivity index (χ3n) is 7.97. The Kier molecular flexibility index (Phi) is 19.5. The number of unbranched alkanes of at least 4 members (excludes halogenated alkanes) is 11. The molecule has 0 saturated carbocycles. The molecule has 0 aliphatic carbocycles. The van der Waals surface area contributed by atoms with E-state index >= 15 is 0 Å². The van der Waals surface area contributed by atoms with E-state index in [1.54, 1.807) is 0 Å². The van der Waals surface area contributed by atoms with Crippen LogP contribution in [0, 0.1) is 17.7 Å². The molecule has 0 N–H and O–H groups in total. The van der Waals surface area contributed by atoms with Crippen LogP contribution in [0.15, 0.2) is 9.06 Å². The third-order valence-corrected chi connectivity index (χ3v) is 13.0. The summed E-state index contributed by atoms with van der Waals surface area (Å²) in [5.41, 5.74) is 1.84. The first-order chi connectivity index (χ1) is 15.7. The molecule has 0 rings (SSSR count). The molecule has 0 atom stereocenters. The van der Waals surface area contributed by atoms with Crippen LogP contribution >= 0.6 is 0 Å². The van der Waals surface area contributed by atoms with Crippen molar-refractivity contribution in [3.63, 3.8) is 0 Å². The van der Waals surface area contributed by atoms with Gasteiger partial charge in [0.25, 0.3) is 0 Å². The minimum absolute atomic E-state index is 0.627. The van der Waals surface area contributed by atoms with Crippen LogP contribution in [0.2, 0.25) is 21.5 Å². The van der Waals surface area contributed by atoms with E-state index in [0.29, 0.717) is 17.6 Å². The zero-order valence-electron chi connectivity index (χ0n) is 24.7. The van der Waals surface area contributed by atoms with Crippen LogP contribution in [0.5, 0.6) is 0 Å². The summed E-state index contributed by atoms with van der Waals surface area (Å²) in [4.78, 5) is 5.25. The van der Waals surface area contributed by atoms with Crippen LogP contribution in [0.3, 0.4) is 0 Å². The molecule has 0 aliphatic heterocycles. The number of allylic oxidation sites excluding steroid dienone is 2. The van der Waals surface area contributed by atoms with Crippen molar-refractivity contribution in [1.82, 2.24) is 0 Å². The molecule has 0 spiro atoms. The first-order valence-electron chi connectivity index (χ1n) is 14.9. The van der Waals surface area contributed by atoms with Crippen LogP contribution in [-0.2, 0) is 0 Å². The van der Waals surface area contributed by atoms with E-state index in [0.717, 1.165) is 6.42 Å². The average molecular weight is 563 g/mol. The van der Waals surface area contributed by atoms with Gasteiger partial charge in [-0.3, -0.25) is 0 Å². The molecule has 0 aromatic rings. The Hall–Kier alpha value is 0.164. The van der Waals surface area contributed by atoms with E-state index in [9.17, 15) is 0 Å². The monoisotopic (exact) mass is 564 g/mol. The fourth-order valence-corrected chi connectivity index (χ4v) is 11.2. The van der Waals surface area contributed by atoms with Crippen molar-refractivity contribution in [2.75, 3.05) is 0 Å². The van der Waals surface area contributed by atoms with Gasteiger partial charge in [0, 0.05) is 0 Å². The summed E-state index contributed by atoms with van der Waals surface area (Å²) in [6.07, 6.45) is 18.2. The Morgan fingerprint density at radius 2 is 1.12 bits per heavy atom. The molecule has 0 saturated heterocycles. The zero-order chi connectivity index (χ0) is 25.3. The number of rotatable bonds is 18. The van der Waals surface area contributed by atoms with E-state index in [1.165, 1.54) is 83.5 Å². The van der Waals surface area contributed by atoms with E-state index in [2.05, 4.69) is 77.0 Å². The third kappa shape index (κ3) is 12.1. The van der Waals surface area contributed by atoms with Gasteiger partial charge in [-0.05, 0) is 0 Å². The van der Waals surface area contributed by atoms with Crippen LogP contribution in [-0.4, -0.2) is 25.9 Å². The Morgan fingerprint density at radius 3 is 1.55 bits per heavy atom. The van der Waals surface area contributed by atoms with Crippen LogP contribution in [0.1, 0.15) is 145 Å². The van der Waals surface area contributed by atoms with Gasteiger partial charge in [0.1, 0.15) is 0 Å². The quantitative estimate of drug-likeness (QED) is 0.0884. The van der Waals surface area contributed by atoms with Gasteiger partial charge in [-0.1, -0.05) is 6.92 Å². The molecule has 0 unspecified atom stereocenters. The molecule has 0 fully saturated rings. The Morgan fingerprint density at radius 1 is 0.667 bits per heavy atom. The van der Waals surface area contributed by atoms with E-state index in [4.69, 9.17) is 0 Å². The molecule has 0 nitrogen and oxygen atoms in total. The molecule has 0 bridgehead atoms. The fraction of sp³-hybridized carbons (Fsp3) is 0.871. The SMILES string of the molecule is CCCCCCCCC#C[B-](/C(=[C](/CCCCCCCC)[Sn+]([CH3])[CH3])C(C)C)(C(C)C)C(C)C. The molecule has 0 aromatic heterocycles. The Bertz CT molecular complexity index is 565. The molecular formula is C31H61BSn. The van der Waals surface area contributed by atoms with Crippen molar-refractivity contribution >= 4 is 25.9 Å². The van der Waals surface area contributed by atoms with Crippen molar-refractivity contribution in [2.45, 2.75) is 167 Å². The Labute approximate surface area is 218 Å². The fourth-order valence-electron chi connectivity index (χ4n) is 6.09. The molecule has 0 radical (unpaired) electrons. The van der Waals surface area contributed by atoms with Gasteiger partial charge >= 0.3 is 212 Å². The topological polar surface area (TPSA) is 0 Å². The maximum absolute atomic E-state index is 4.06. The van der Waals surface area contributed by atoms with Crippen molar-refractivity contribution in [2.24, 2.45) is 5.92 Å². The minimum atomic E-state index is -1.51. The van der Waals surface area contributed by atoms with Crippen LogP contribution < -0.4 is 0 Å². The van der Waals surface area contributed by atoms with Crippen molar-refractivity contribution in [3.05, 3.63) is 9.06 Å². The summed E-state index contributed by atoms with van der Waals surface area (Å²) in [6.45, 7) is 19.4. The van der Waals surface area contributed by atoms with E-state index < -0.39 is 25.9 Å². The molecule has 0 aromatic carbocycles. The van der Waals surface area contributed by atoms with Gasteiger partial charge in [-0.25, -0.2) is 0 Å². The van der Waals surface area contributed by atoms with Gasteiger partial charge in [0.2, 0.25) is 0 Å². The normalized spacial score (nSPS) is 12.9. The summed E-state index contributed by atoms with van der Waals surface area (Å²) < 4.78 is 1.94. The molecule has 0 heterocycles. The summed E-state index contributed by atoms with van der Waals surface area (Å²) in [6, 6.07) is 0.